The van der Waals surface area contributed by atoms with Crippen molar-refractivity contribution in [2.24, 2.45) is 0 Å². The second-order valence-electron chi connectivity index (χ2n) is 4.86. The number of nitrogens with one attached hydrogen (secondary N) is 1. The topological polar surface area (TPSA) is 63.4 Å². The summed E-state index contributed by atoms with van der Waals surface area (Å²) in [5.41, 5.74) is 1.15. The van der Waals surface area contributed by atoms with Crippen LogP contribution in [0, 0.1) is 0 Å². The molecule has 6 heteroatoms. The minimum Gasteiger partial charge on any atom is -0.497 e. The van der Waals surface area contributed by atoms with Gasteiger partial charge < -0.3 is 19.4 Å². The maximum atomic E-state index is 5.63. The Kier molecular flexibility index (Phi) is 5.57. The van der Waals surface area contributed by atoms with Crippen LogP contribution in [0.4, 0.5) is 6.01 Å². The maximum Gasteiger partial charge on any atom is 0.318 e. The Hall–Kier alpha value is -2.08. The van der Waals surface area contributed by atoms with Gasteiger partial charge in [0.2, 0.25) is 5.89 Å². The maximum absolute atomic E-state index is 5.63. The highest BCUT2D eigenvalue weighted by molar-refractivity contribution is 5.31. The first-order valence-electron chi connectivity index (χ1n) is 7.10. The van der Waals surface area contributed by atoms with Gasteiger partial charge in [-0.05, 0) is 30.7 Å². The summed E-state index contributed by atoms with van der Waals surface area (Å²) in [4.78, 5) is 1.93. The largest absolute Gasteiger partial charge is 0.497 e. The van der Waals surface area contributed by atoms with E-state index in [4.69, 9.17) is 9.15 Å². The van der Waals surface area contributed by atoms with Gasteiger partial charge in [0, 0.05) is 13.6 Å². The molecule has 0 fully saturated rings. The fraction of sp³-hybridized carbons (Fsp3) is 0.467. The molecule has 2 aromatic rings. The summed E-state index contributed by atoms with van der Waals surface area (Å²) in [5, 5.41) is 11.3. The Labute approximate surface area is 125 Å². The fourth-order valence-electron chi connectivity index (χ4n) is 1.91. The molecule has 1 heterocycles. The number of hydrogen-bond donors (Lipinski definition) is 1. The number of rotatable bonds is 8. The molecule has 0 saturated carbocycles. The zero-order valence-electron chi connectivity index (χ0n) is 12.8. The third kappa shape index (κ3) is 4.46. The predicted molar refractivity (Wildman–Crippen MR) is 81.4 cm³/mol. The van der Waals surface area contributed by atoms with Crippen molar-refractivity contribution in [3.05, 3.63) is 35.7 Å². The van der Waals surface area contributed by atoms with Crippen LogP contribution in [0.3, 0.4) is 0 Å². The van der Waals surface area contributed by atoms with Gasteiger partial charge in [0.05, 0.1) is 13.7 Å². The smallest absolute Gasteiger partial charge is 0.318 e. The number of nitrogens with zero attached hydrogens (tertiary/aromatic N) is 3. The molecular formula is C15H22N4O2. The molecule has 0 spiro atoms. The van der Waals surface area contributed by atoms with Crippen LogP contribution in [-0.2, 0) is 13.1 Å². The Balaban J connectivity index is 1.91. The molecule has 21 heavy (non-hydrogen) atoms. The van der Waals surface area contributed by atoms with E-state index in [1.165, 1.54) is 0 Å². The van der Waals surface area contributed by atoms with Crippen molar-refractivity contribution in [3.63, 3.8) is 0 Å². The molecule has 0 aliphatic rings. The lowest BCUT2D eigenvalue weighted by molar-refractivity contribution is 0.414. The first-order chi connectivity index (χ1) is 10.2. The van der Waals surface area contributed by atoms with E-state index in [1.807, 2.05) is 36.2 Å². The molecule has 0 aliphatic heterocycles. The molecule has 0 unspecified atom stereocenters. The highest BCUT2D eigenvalue weighted by atomic mass is 16.5. The number of hydrogen-bond acceptors (Lipinski definition) is 6. The zero-order valence-corrected chi connectivity index (χ0v) is 12.8. The van der Waals surface area contributed by atoms with Crippen molar-refractivity contribution in [2.45, 2.75) is 26.4 Å². The number of anilines is 1. The summed E-state index contributed by atoms with van der Waals surface area (Å²) in [7, 11) is 3.59. The van der Waals surface area contributed by atoms with E-state index < -0.39 is 0 Å². The lowest BCUT2D eigenvalue weighted by Gasteiger charge is -2.14. The van der Waals surface area contributed by atoms with Gasteiger partial charge in [0.1, 0.15) is 5.75 Å². The second kappa shape index (κ2) is 7.64. The lowest BCUT2D eigenvalue weighted by Crippen LogP contribution is -2.16. The highest BCUT2D eigenvalue weighted by Crippen LogP contribution is 2.16. The zero-order chi connectivity index (χ0) is 15.1. The Morgan fingerprint density at radius 2 is 2.00 bits per heavy atom. The van der Waals surface area contributed by atoms with Crippen molar-refractivity contribution in [2.75, 3.05) is 25.6 Å². The van der Waals surface area contributed by atoms with Crippen molar-refractivity contribution in [3.8, 4) is 5.75 Å². The van der Waals surface area contributed by atoms with E-state index >= 15 is 0 Å². The van der Waals surface area contributed by atoms with Crippen LogP contribution in [0.5, 0.6) is 5.75 Å². The normalized spacial score (nSPS) is 10.6. The van der Waals surface area contributed by atoms with Gasteiger partial charge in [0.15, 0.2) is 0 Å². The molecule has 114 valence electrons. The van der Waals surface area contributed by atoms with E-state index in [-0.39, 0.29) is 0 Å². The fourth-order valence-corrected chi connectivity index (χ4v) is 1.91. The van der Waals surface area contributed by atoms with Crippen LogP contribution in [0.15, 0.2) is 28.7 Å². The predicted octanol–water partition coefficient (Wildman–Crippen LogP) is 2.21. The van der Waals surface area contributed by atoms with Crippen molar-refractivity contribution < 1.29 is 9.15 Å². The number of ether oxygens (including phenoxy) is 1. The monoisotopic (exact) mass is 290 g/mol. The standard InChI is InChI=1S/C15H22N4O2/c1-4-9-16-10-14-17-18-15(21-14)19(2)11-12-5-7-13(20-3)8-6-12/h5-8,16H,4,9-11H2,1-3H3. The Morgan fingerprint density at radius 3 is 2.67 bits per heavy atom. The summed E-state index contributed by atoms with van der Waals surface area (Å²) >= 11 is 0. The van der Waals surface area contributed by atoms with Crippen molar-refractivity contribution >= 4 is 6.01 Å². The van der Waals surface area contributed by atoms with Crippen LogP contribution in [0.2, 0.25) is 0 Å². The van der Waals surface area contributed by atoms with Crippen molar-refractivity contribution in [1.82, 2.24) is 15.5 Å². The second-order valence-corrected chi connectivity index (χ2v) is 4.86. The molecule has 1 aromatic heterocycles. The van der Waals surface area contributed by atoms with Gasteiger partial charge in [-0.15, -0.1) is 5.10 Å². The van der Waals surface area contributed by atoms with Gasteiger partial charge in [-0.25, -0.2) is 0 Å². The molecule has 6 nitrogen and oxygen atoms in total. The van der Waals surface area contributed by atoms with E-state index in [0.29, 0.717) is 25.0 Å². The van der Waals surface area contributed by atoms with Gasteiger partial charge >= 0.3 is 6.01 Å². The number of benzene rings is 1. The molecule has 1 N–H and O–H groups in total. The van der Waals surface area contributed by atoms with Crippen molar-refractivity contribution in [1.29, 1.82) is 0 Å². The Morgan fingerprint density at radius 1 is 1.24 bits per heavy atom. The van der Waals surface area contributed by atoms with E-state index in [9.17, 15) is 0 Å². The van der Waals surface area contributed by atoms with Crippen LogP contribution >= 0.6 is 0 Å². The minimum absolute atomic E-state index is 0.527. The number of aromatic nitrogens is 2. The first-order valence-corrected chi connectivity index (χ1v) is 7.10. The molecule has 0 bridgehead atoms. The highest BCUT2D eigenvalue weighted by Gasteiger charge is 2.11. The van der Waals surface area contributed by atoms with Crippen LogP contribution in [0.25, 0.3) is 0 Å². The van der Waals surface area contributed by atoms with Crippen LogP contribution < -0.4 is 15.0 Å². The van der Waals surface area contributed by atoms with Crippen LogP contribution in [-0.4, -0.2) is 30.9 Å². The first kappa shape index (κ1) is 15.3. The summed E-state index contributed by atoms with van der Waals surface area (Å²) in [6, 6.07) is 8.46. The summed E-state index contributed by atoms with van der Waals surface area (Å²) < 4.78 is 10.8. The average Bonchev–Trinajstić information content (AvgIpc) is 2.97. The van der Waals surface area contributed by atoms with Gasteiger partial charge in [-0.3, -0.25) is 0 Å². The summed E-state index contributed by atoms with van der Waals surface area (Å²) in [6.45, 7) is 4.37. The molecule has 0 amide bonds. The third-order valence-electron chi connectivity index (χ3n) is 3.06. The van der Waals surface area contributed by atoms with E-state index in [2.05, 4.69) is 22.4 Å². The van der Waals surface area contributed by atoms with Gasteiger partial charge in [0.25, 0.3) is 0 Å². The third-order valence-corrected chi connectivity index (χ3v) is 3.06. The molecule has 0 radical (unpaired) electrons. The van der Waals surface area contributed by atoms with E-state index in [0.717, 1.165) is 24.3 Å². The summed E-state index contributed by atoms with van der Waals surface area (Å²) in [6.07, 6.45) is 1.08. The molecule has 2 rings (SSSR count). The molecular weight excluding hydrogens is 268 g/mol. The minimum atomic E-state index is 0.527. The van der Waals surface area contributed by atoms with Gasteiger partial charge in [-0.1, -0.05) is 24.2 Å². The number of methoxy groups -OCH3 is 1. The summed E-state index contributed by atoms with van der Waals surface area (Å²) in [5.74, 6) is 1.46. The van der Waals surface area contributed by atoms with E-state index in [1.54, 1.807) is 7.11 Å². The molecule has 0 aliphatic carbocycles. The van der Waals surface area contributed by atoms with Crippen LogP contribution in [0.1, 0.15) is 24.8 Å². The molecule has 1 aromatic carbocycles. The Bertz CT molecular complexity index is 539. The lowest BCUT2D eigenvalue weighted by atomic mass is 10.2. The molecule has 0 saturated heterocycles. The van der Waals surface area contributed by atoms with Gasteiger partial charge in [-0.2, -0.15) is 0 Å². The SMILES string of the molecule is CCCNCc1nnc(N(C)Cc2ccc(OC)cc2)o1. The quantitative estimate of drug-likeness (QED) is 0.752. The molecule has 0 atom stereocenters. The average molecular weight is 290 g/mol.